The van der Waals surface area contributed by atoms with Gasteiger partial charge >= 0.3 is 0 Å². The molecule has 1 aliphatic heterocycles. The number of ether oxygens (including phenoxy) is 1. The second-order valence-electron chi connectivity index (χ2n) is 9.07. The molecule has 6 nitrogen and oxygen atoms in total. The number of fused-ring (bicyclic) bond motifs is 3. The second-order valence-corrected chi connectivity index (χ2v) is 9.07. The fraction of sp³-hybridized carbons (Fsp3) is 0.385. The van der Waals surface area contributed by atoms with E-state index in [2.05, 4.69) is 5.32 Å². The molecule has 2 heterocycles. The zero-order chi connectivity index (χ0) is 22.3. The molecule has 166 valence electrons. The lowest BCUT2D eigenvalue weighted by atomic mass is 9.91. The molecule has 1 atom stereocenters. The van der Waals surface area contributed by atoms with Crippen LogP contribution in [0.15, 0.2) is 54.6 Å². The van der Waals surface area contributed by atoms with Gasteiger partial charge in [0.25, 0.3) is 5.91 Å². The zero-order valence-corrected chi connectivity index (χ0v) is 18.6. The highest BCUT2D eigenvalue weighted by Crippen LogP contribution is 2.40. The van der Waals surface area contributed by atoms with Crippen molar-refractivity contribution in [2.45, 2.75) is 57.2 Å². The lowest BCUT2D eigenvalue weighted by Gasteiger charge is -2.45. The summed E-state index contributed by atoms with van der Waals surface area (Å²) in [6.07, 6.45) is 5.45. The molecule has 6 heteroatoms. The van der Waals surface area contributed by atoms with E-state index in [1.807, 2.05) is 66.1 Å². The largest absolute Gasteiger partial charge is 0.495 e. The van der Waals surface area contributed by atoms with Crippen LogP contribution in [0, 0.1) is 0 Å². The van der Waals surface area contributed by atoms with Crippen LogP contribution in [0.5, 0.6) is 5.75 Å². The summed E-state index contributed by atoms with van der Waals surface area (Å²) >= 11 is 0. The number of methoxy groups -OCH3 is 1. The van der Waals surface area contributed by atoms with E-state index < -0.39 is 5.54 Å². The Labute approximate surface area is 188 Å². The summed E-state index contributed by atoms with van der Waals surface area (Å²) in [5.74, 6) is 0.257. The minimum absolute atomic E-state index is 0.118. The number of amides is 2. The summed E-state index contributed by atoms with van der Waals surface area (Å²) in [4.78, 5) is 29.4. The van der Waals surface area contributed by atoms with Gasteiger partial charge in [0.2, 0.25) is 5.91 Å². The van der Waals surface area contributed by atoms with Crippen LogP contribution < -0.4 is 15.0 Å². The van der Waals surface area contributed by atoms with Crippen LogP contribution in [0.2, 0.25) is 0 Å². The van der Waals surface area contributed by atoms with E-state index in [4.69, 9.17) is 4.74 Å². The summed E-state index contributed by atoms with van der Waals surface area (Å²) in [7, 11) is 1.59. The molecular formula is C26H29N3O3. The van der Waals surface area contributed by atoms with Crippen molar-refractivity contribution < 1.29 is 14.3 Å². The Morgan fingerprint density at radius 3 is 2.56 bits per heavy atom. The number of benzene rings is 2. The SMILES string of the molecule is COc1ccccc1N1C(=O)c2cc3ccccc3n2CC1(C)C(=O)NC1CCCCC1. The third kappa shape index (κ3) is 3.25. The van der Waals surface area contributed by atoms with E-state index in [9.17, 15) is 9.59 Å². The molecular weight excluding hydrogens is 402 g/mol. The van der Waals surface area contributed by atoms with Crippen LogP contribution in [0.3, 0.4) is 0 Å². The molecule has 1 N–H and O–H groups in total. The van der Waals surface area contributed by atoms with E-state index in [1.165, 1.54) is 6.42 Å². The molecule has 32 heavy (non-hydrogen) atoms. The van der Waals surface area contributed by atoms with Crippen LogP contribution >= 0.6 is 0 Å². The number of hydrogen-bond acceptors (Lipinski definition) is 3. The average Bonchev–Trinajstić information content (AvgIpc) is 3.19. The van der Waals surface area contributed by atoms with Gasteiger partial charge in [-0.25, -0.2) is 0 Å². The highest BCUT2D eigenvalue weighted by Gasteiger charge is 2.49. The van der Waals surface area contributed by atoms with E-state index in [0.717, 1.165) is 36.6 Å². The number of rotatable bonds is 4. The standard InChI is InChI=1S/C26H29N3O3/c1-26(25(31)27-19-11-4-3-5-12-19)17-28-20-13-7-6-10-18(20)16-22(28)24(30)29(26)21-14-8-9-15-23(21)32-2/h6-10,13-16,19H,3-5,11-12,17H2,1-2H3,(H,27,31). The van der Waals surface area contributed by atoms with Crippen molar-refractivity contribution in [3.63, 3.8) is 0 Å². The van der Waals surface area contributed by atoms with Gasteiger partial charge in [-0.2, -0.15) is 0 Å². The number of carbonyl (C=O) groups is 2. The average molecular weight is 432 g/mol. The lowest BCUT2D eigenvalue weighted by molar-refractivity contribution is -0.127. The van der Waals surface area contributed by atoms with Gasteiger partial charge in [0, 0.05) is 16.9 Å². The van der Waals surface area contributed by atoms with Crippen LogP contribution in [0.1, 0.15) is 49.5 Å². The fourth-order valence-corrected chi connectivity index (χ4v) is 5.23. The van der Waals surface area contributed by atoms with Crippen molar-refractivity contribution in [3.05, 3.63) is 60.3 Å². The van der Waals surface area contributed by atoms with Gasteiger partial charge in [0.05, 0.1) is 19.3 Å². The molecule has 2 aliphatic rings. The first-order chi connectivity index (χ1) is 15.5. The first-order valence-electron chi connectivity index (χ1n) is 11.4. The monoisotopic (exact) mass is 431 g/mol. The summed E-state index contributed by atoms with van der Waals surface area (Å²) in [6, 6.07) is 17.4. The van der Waals surface area contributed by atoms with Crippen molar-refractivity contribution in [2.75, 3.05) is 12.0 Å². The molecule has 0 radical (unpaired) electrons. The van der Waals surface area contributed by atoms with Crippen LogP contribution in [0.4, 0.5) is 5.69 Å². The predicted molar refractivity (Wildman–Crippen MR) is 125 cm³/mol. The van der Waals surface area contributed by atoms with Crippen molar-refractivity contribution in [2.24, 2.45) is 0 Å². The topological polar surface area (TPSA) is 63.6 Å². The summed E-state index contributed by atoms with van der Waals surface area (Å²) in [5.41, 5.74) is 1.06. The molecule has 0 spiro atoms. The van der Waals surface area contributed by atoms with Crippen molar-refractivity contribution in [1.82, 2.24) is 9.88 Å². The minimum atomic E-state index is -1.10. The third-order valence-corrected chi connectivity index (χ3v) is 6.95. The number of nitrogens with one attached hydrogen (secondary N) is 1. The first-order valence-corrected chi connectivity index (χ1v) is 11.4. The molecule has 0 bridgehead atoms. The molecule has 0 saturated heterocycles. The van der Waals surface area contributed by atoms with E-state index >= 15 is 0 Å². The van der Waals surface area contributed by atoms with Crippen molar-refractivity contribution in [1.29, 1.82) is 0 Å². The molecule has 5 rings (SSSR count). The van der Waals surface area contributed by atoms with Gasteiger partial charge in [-0.3, -0.25) is 14.5 Å². The second kappa shape index (κ2) is 8.01. The highest BCUT2D eigenvalue weighted by atomic mass is 16.5. The van der Waals surface area contributed by atoms with Crippen LogP contribution in [-0.2, 0) is 11.3 Å². The van der Waals surface area contributed by atoms with Gasteiger partial charge < -0.3 is 14.6 Å². The molecule has 2 aromatic carbocycles. The number of carbonyl (C=O) groups excluding carboxylic acids is 2. The zero-order valence-electron chi connectivity index (χ0n) is 18.6. The Morgan fingerprint density at radius 2 is 1.78 bits per heavy atom. The summed E-state index contributed by atoms with van der Waals surface area (Å²) in [6.45, 7) is 2.24. The predicted octanol–water partition coefficient (Wildman–Crippen LogP) is 4.52. The molecule has 2 amide bonds. The maximum atomic E-state index is 13.9. The summed E-state index contributed by atoms with van der Waals surface area (Å²) < 4.78 is 7.57. The Balaban J connectivity index is 1.64. The lowest BCUT2D eigenvalue weighted by Crippen LogP contribution is -2.65. The molecule has 3 aromatic rings. The van der Waals surface area contributed by atoms with Crippen molar-refractivity contribution in [3.8, 4) is 5.75 Å². The molecule has 1 aromatic heterocycles. The Hall–Kier alpha value is -3.28. The third-order valence-electron chi connectivity index (χ3n) is 6.95. The molecule has 1 saturated carbocycles. The molecule has 1 aliphatic carbocycles. The van der Waals surface area contributed by atoms with Gasteiger partial charge in [-0.05, 0) is 44.0 Å². The van der Waals surface area contributed by atoms with E-state index in [1.54, 1.807) is 12.0 Å². The Bertz CT molecular complexity index is 1180. The first kappa shape index (κ1) is 20.6. The van der Waals surface area contributed by atoms with Gasteiger partial charge in [-0.15, -0.1) is 0 Å². The Kier molecular flexibility index (Phi) is 5.16. The van der Waals surface area contributed by atoms with Crippen LogP contribution in [-0.4, -0.2) is 35.1 Å². The number of hydrogen-bond donors (Lipinski definition) is 1. The van der Waals surface area contributed by atoms with E-state index in [0.29, 0.717) is 23.7 Å². The van der Waals surface area contributed by atoms with Crippen LogP contribution in [0.25, 0.3) is 10.9 Å². The molecule has 1 fully saturated rings. The van der Waals surface area contributed by atoms with Gasteiger partial charge in [0.1, 0.15) is 17.0 Å². The summed E-state index contributed by atoms with van der Waals surface area (Å²) in [5, 5.41) is 4.26. The number of nitrogens with zero attached hydrogens (tertiary/aromatic N) is 2. The number of aromatic nitrogens is 1. The van der Waals surface area contributed by atoms with Gasteiger partial charge in [-0.1, -0.05) is 49.6 Å². The maximum Gasteiger partial charge on any atom is 0.276 e. The minimum Gasteiger partial charge on any atom is -0.495 e. The fourth-order valence-electron chi connectivity index (χ4n) is 5.23. The number of para-hydroxylation sites is 3. The van der Waals surface area contributed by atoms with Gasteiger partial charge in [0.15, 0.2) is 0 Å². The maximum absolute atomic E-state index is 13.9. The quantitative estimate of drug-likeness (QED) is 0.661. The van der Waals surface area contributed by atoms with E-state index in [-0.39, 0.29) is 17.9 Å². The van der Waals surface area contributed by atoms with Crippen molar-refractivity contribution >= 4 is 28.4 Å². The Morgan fingerprint density at radius 1 is 1.06 bits per heavy atom. The normalized spacial score (nSPS) is 21.4. The molecule has 1 unspecified atom stereocenters. The number of anilines is 1. The highest BCUT2D eigenvalue weighted by molar-refractivity contribution is 6.14. The smallest absolute Gasteiger partial charge is 0.276 e.